The fraction of sp³-hybridized carbons (Fsp3) is 0.118. The van der Waals surface area contributed by atoms with Crippen molar-refractivity contribution in [3.63, 3.8) is 0 Å². The summed E-state index contributed by atoms with van der Waals surface area (Å²) in [6.45, 7) is 1.75. The van der Waals surface area contributed by atoms with E-state index in [-0.39, 0.29) is 17.5 Å². The van der Waals surface area contributed by atoms with E-state index in [1.165, 1.54) is 12.1 Å². The Bertz CT molecular complexity index is 998. The highest BCUT2D eigenvalue weighted by molar-refractivity contribution is 7.22. The third kappa shape index (κ3) is 3.83. The summed E-state index contributed by atoms with van der Waals surface area (Å²) in [6.07, 6.45) is 0.373. The Morgan fingerprint density at radius 3 is 2.54 bits per heavy atom. The fourth-order valence-electron chi connectivity index (χ4n) is 2.20. The highest BCUT2D eigenvalue weighted by Gasteiger charge is 2.13. The van der Waals surface area contributed by atoms with Crippen molar-refractivity contribution in [1.82, 2.24) is 4.98 Å². The summed E-state index contributed by atoms with van der Waals surface area (Å²) in [4.78, 5) is 38.3. The number of hydrogen-bond acceptors (Lipinski definition) is 6. The van der Waals surface area contributed by atoms with Crippen molar-refractivity contribution in [3.8, 4) is 0 Å². The van der Waals surface area contributed by atoms with E-state index in [1.807, 2.05) is 0 Å². The van der Waals surface area contributed by atoms with Crippen molar-refractivity contribution in [2.75, 3.05) is 10.6 Å². The predicted octanol–water partition coefficient (Wildman–Crippen LogP) is 3.81. The zero-order chi connectivity index (χ0) is 18.7. The Balaban J connectivity index is 1.74. The predicted molar refractivity (Wildman–Crippen MR) is 99.6 cm³/mol. The van der Waals surface area contributed by atoms with Gasteiger partial charge >= 0.3 is 0 Å². The molecule has 9 heteroatoms. The summed E-state index contributed by atoms with van der Waals surface area (Å²) in [7, 11) is 0. The molecule has 3 rings (SSSR count). The average molecular weight is 370 g/mol. The van der Waals surface area contributed by atoms with Gasteiger partial charge in [-0.2, -0.15) is 0 Å². The maximum atomic E-state index is 12.3. The molecule has 2 aromatic carbocycles. The van der Waals surface area contributed by atoms with E-state index < -0.39 is 4.92 Å². The van der Waals surface area contributed by atoms with E-state index in [0.29, 0.717) is 33.0 Å². The number of nitro benzene ring substituents is 1. The minimum Gasteiger partial charge on any atom is -0.326 e. The number of carbonyl (C=O) groups excluding carboxylic acids is 2. The fourth-order valence-corrected chi connectivity index (χ4v) is 3.10. The van der Waals surface area contributed by atoms with Gasteiger partial charge < -0.3 is 5.32 Å². The SMILES string of the molecule is CCC(=O)Nc1ccc(C(=O)Nc2nc3ccc([N+](=O)[O-])cc3s2)cc1. The Morgan fingerprint density at radius 2 is 1.88 bits per heavy atom. The number of nitrogens with zero attached hydrogens (tertiary/aromatic N) is 2. The van der Waals surface area contributed by atoms with Crippen LogP contribution in [0.5, 0.6) is 0 Å². The highest BCUT2D eigenvalue weighted by Crippen LogP contribution is 2.29. The molecule has 0 spiro atoms. The molecule has 0 atom stereocenters. The topological polar surface area (TPSA) is 114 Å². The number of amides is 2. The molecular weight excluding hydrogens is 356 g/mol. The number of nitro groups is 1. The van der Waals surface area contributed by atoms with E-state index in [9.17, 15) is 19.7 Å². The van der Waals surface area contributed by atoms with Gasteiger partial charge in [-0.1, -0.05) is 18.3 Å². The number of fused-ring (bicyclic) bond motifs is 1. The van der Waals surface area contributed by atoms with Crippen LogP contribution < -0.4 is 10.6 Å². The summed E-state index contributed by atoms with van der Waals surface area (Å²) < 4.78 is 0.618. The molecule has 1 aromatic heterocycles. The van der Waals surface area contributed by atoms with Crippen molar-refractivity contribution < 1.29 is 14.5 Å². The second kappa shape index (κ2) is 7.28. The maximum Gasteiger partial charge on any atom is 0.270 e. The normalized spacial score (nSPS) is 10.5. The van der Waals surface area contributed by atoms with Gasteiger partial charge in [0.2, 0.25) is 5.91 Å². The van der Waals surface area contributed by atoms with E-state index in [4.69, 9.17) is 0 Å². The lowest BCUT2D eigenvalue weighted by atomic mass is 10.2. The highest BCUT2D eigenvalue weighted by atomic mass is 32.1. The number of carbonyl (C=O) groups is 2. The molecule has 0 fully saturated rings. The summed E-state index contributed by atoms with van der Waals surface area (Å²) in [5.41, 5.74) is 1.57. The molecule has 2 N–H and O–H groups in total. The molecule has 0 bridgehead atoms. The van der Waals surface area contributed by atoms with Crippen LogP contribution in [0.3, 0.4) is 0 Å². The first-order chi connectivity index (χ1) is 12.5. The zero-order valence-corrected chi connectivity index (χ0v) is 14.5. The van der Waals surface area contributed by atoms with Gasteiger partial charge in [0.1, 0.15) is 0 Å². The van der Waals surface area contributed by atoms with Gasteiger partial charge in [0.15, 0.2) is 5.13 Å². The summed E-state index contributed by atoms with van der Waals surface area (Å²) in [6, 6.07) is 10.8. The number of nitrogens with one attached hydrogen (secondary N) is 2. The van der Waals surface area contributed by atoms with Crippen LogP contribution >= 0.6 is 11.3 Å². The lowest BCUT2D eigenvalue weighted by Gasteiger charge is -2.05. The maximum absolute atomic E-state index is 12.3. The quantitative estimate of drug-likeness (QED) is 0.524. The summed E-state index contributed by atoms with van der Waals surface area (Å²) in [5, 5.41) is 16.6. The lowest BCUT2D eigenvalue weighted by Crippen LogP contribution is -2.12. The molecule has 0 aliphatic rings. The molecule has 0 saturated carbocycles. The molecule has 0 unspecified atom stereocenters. The third-order valence-corrected chi connectivity index (χ3v) is 4.49. The van der Waals surface area contributed by atoms with Crippen molar-refractivity contribution in [2.45, 2.75) is 13.3 Å². The molecule has 26 heavy (non-hydrogen) atoms. The molecule has 2 amide bonds. The number of aromatic nitrogens is 1. The Hall–Kier alpha value is -3.33. The Kier molecular flexibility index (Phi) is 4.90. The number of rotatable bonds is 5. The van der Waals surface area contributed by atoms with Crippen molar-refractivity contribution in [3.05, 3.63) is 58.1 Å². The third-order valence-electron chi connectivity index (χ3n) is 3.56. The summed E-state index contributed by atoms with van der Waals surface area (Å²) in [5.74, 6) is -0.460. The van der Waals surface area contributed by atoms with Gasteiger partial charge in [0.25, 0.3) is 11.6 Å². The first-order valence-electron chi connectivity index (χ1n) is 7.72. The number of thiazole rings is 1. The van der Waals surface area contributed by atoms with Crippen molar-refractivity contribution in [1.29, 1.82) is 0 Å². The van der Waals surface area contributed by atoms with E-state index in [1.54, 1.807) is 37.3 Å². The largest absolute Gasteiger partial charge is 0.326 e. The molecule has 132 valence electrons. The molecule has 0 saturated heterocycles. The van der Waals surface area contributed by atoms with Crippen LogP contribution in [-0.4, -0.2) is 21.7 Å². The van der Waals surface area contributed by atoms with Crippen LogP contribution in [0.4, 0.5) is 16.5 Å². The van der Waals surface area contributed by atoms with Crippen LogP contribution in [0, 0.1) is 10.1 Å². The second-order valence-corrected chi connectivity index (χ2v) is 6.39. The standard InChI is InChI=1S/C17H14N4O4S/c1-2-15(22)18-11-5-3-10(4-6-11)16(23)20-17-19-13-8-7-12(21(24)25)9-14(13)26-17/h3-9H,2H2,1H3,(H,18,22)(H,19,20,23). The smallest absolute Gasteiger partial charge is 0.270 e. The minimum absolute atomic E-state index is 0.0243. The minimum atomic E-state index is -0.476. The summed E-state index contributed by atoms with van der Waals surface area (Å²) >= 11 is 1.16. The first-order valence-corrected chi connectivity index (χ1v) is 8.54. The second-order valence-electron chi connectivity index (χ2n) is 5.36. The zero-order valence-electron chi connectivity index (χ0n) is 13.7. The van der Waals surface area contributed by atoms with Gasteiger partial charge in [0.05, 0.1) is 15.1 Å². The van der Waals surface area contributed by atoms with Crippen LogP contribution in [0.1, 0.15) is 23.7 Å². The van der Waals surface area contributed by atoms with E-state index in [0.717, 1.165) is 11.3 Å². The van der Waals surface area contributed by atoms with Gasteiger partial charge in [0, 0.05) is 29.8 Å². The lowest BCUT2D eigenvalue weighted by molar-refractivity contribution is -0.384. The van der Waals surface area contributed by atoms with E-state index in [2.05, 4.69) is 15.6 Å². The van der Waals surface area contributed by atoms with Crippen LogP contribution in [-0.2, 0) is 4.79 Å². The number of hydrogen-bond donors (Lipinski definition) is 2. The molecule has 8 nitrogen and oxygen atoms in total. The Morgan fingerprint density at radius 1 is 1.15 bits per heavy atom. The van der Waals surface area contributed by atoms with Crippen LogP contribution in [0.15, 0.2) is 42.5 Å². The molecule has 3 aromatic rings. The Labute approximate surface area is 152 Å². The monoisotopic (exact) mass is 370 g/mol. The molecule has 0 aliphatic heterocycles. The van der Waals surface area contributed by atoms with Gasteiger partial charge in [-0.15, -0.1) is 0 Å². The number of benzene rings is 2. The van der Waals surface area contributed by atoms with Crippen LogP contribution in [0.25, 0.3) is 10.2 Å². The van der Waals surface area contributed by atoms with Crippen molar-refractivity contribution >= 4 is 49.9 Å². The average Bonchev–Trinajstić information content (AvgIpc) is 3.03. The van der Waals surface area contributed by atoms with Gasteiger partial charge in [-0.25, -0.2) is 4.98 Å². The number of non-ortho nitro benzene ring substituents is 1. The van der Waals surface area contributed by atoms with Crippen molar-refractivity contribution in [2.24, 2.45) is 0 Å². The van der Waals surface area contributed by atoms with E-state index >= 15 is 0 Å². The molecule has 1 heterocycles. The van der Waals surface area contributed by atoms with Gasteiger partial charge in [-0.05, 0) is 30.3 Å². The molecule has 0 radical (unpaired) electrons. The number of anilines is 2. The van der Waals surface area contributed by atoms with Crippen LogP contribution in [0.2, 0.25) is 0 Å². The first kappa shape index (κ1) is 17.5. The van der Waals surface area contributed by atoms with Gasteiger partial charge in [-0.3, -0.25) is 25.0 Å². The molecule has 0 aliphatic carbocycles. The molecular formula is C17H14N4O4S.